The third-order valence-corrected chi connectivity index (χ3v) is 4.24. The SMILES string of the molecule is CCCCOCCNC(C)c1nc2ccccc2s1. The van der Waals surface area contributed by atoms with Gasteiger partial charge in [0, 0.05) is 13.2 Å². The van der Waals surface area contributed by atoms with Gasteiger partial charge in [0.1, 0.15) is 5.01 Å². The molecule has 0 amide bonds. The van der Waals surface area contributed by atoms with Gasteiger partial charge < -0.3 is 10.1 Å². The van der Waals surface area contributed by atoms with Crippen LogP contribution in [-0.2, 0) is 4.74 Å². The number of aromatic nitrogens is 1. The van der Waals surface area contributed by atoms with Crippen LogP contribution in [0.25, 0.3) is 10.2 Å². The zero-order valence-electron chi connectivity index (χ0n) is 11.7. The van der Waals surface area contributed by atoms with E-state index in [1.807, 2.05) is 6.07 Å². The topological polar surface area (TPSA) is 34.1 Å². The van der Waals surface area contributed by atoms with E-state index >= 15 is 0 Å². The summed E-state index contributed by atoms with van der Waals surface area (Å²) >= 11 is 1.76. The lowest BCUT2D eigenvalue weighted by Gasteiger charge is -2.11. The Hall–Kier alpha value is -0.970. The molecule has 1 N–H and O–H groups in total. The fourth-order valence-corrected chi connectivity index (χ4v) is 2.85. The molecule has 0 bridgehead atoms. The minimum Gasteiger partial charge on any atom is -0.380 e. The number of nitrogens with one attached hydrogen (secondary N) is 1. The molecule has 1 heterocycles. The van der Waals surface area contributed by atoms with Crippen molar-refractivity contribution >= 4 is 21.6 Å². The fraction of sp³-hybridized carbons (Fsp3) is 0.533. The highest BCUT2D eigenvalue weighted by molar-refractivity contribution is 7.18. The quantitative estimate of drug-likeness (QED) is 0.746. The molecule has 1 unspecified atom stereocenters. The normalized spacial score (nSPS) is 12.9. The summed E-state index contributed by atoms with van der Waals surface area (Å²) in [4.78, 5) is 4.66. The van der Waals surface area contributed by atoms with Gasteiger partial charge in [-0.2, -0.15) is 0 Å². The van der Waals surface area contributed by atoms with Gasteiger partial charge >= 0.3 is 0 Å². The van der Waals surface area contributed by atoms with Gasteiger partial charge in [-0.25, -0.2) is 4.98 Å². The van der Waals surface area contributed by atoms with Crippen LogP contribution in [0.3, 0.4) is 0 Å². The zero-order valence-corrected chi connectivity index (χ0v) is 12.5. The summed E-state index contributed by atoms with van der Waals surface area (Å²) in [5, 5.41) is 4.61. The minimum absolute atomic E-state index is 0.284. The first-order valence-electron chi connectivity index (χ1n) is 6.98. The monoisotopic (exact) mass is 278 g/mol. The number of unbranched alkanes of at least 4 members (excludes halogenated alkanes) is 1. The summed E-state index contributed by atoms with van der Waals surface area (Å²) in [5.74, 6) is 0. The van der Waals surface area contributed by atoms with Crippen molar-refractivity contribution in [1.29, 1.82) is 0 Å². The van der Waals surface area contributed by atoms with Crippen molar-refractivity contribution in [3.8, 4) is 0 Å². The second-order valence-electron chi connectivity index (χ2n) is 4.66. The van der Waals surface area contributed by atoms with Crippen LogP contribution in [0.1, 0.15) is 37.7 Å². The van der Waals surface area contributed by atoms with Crippen LogP contribution >= 0.6 is 11.3 Å². The largest absolute Gasteiger partial charge is 0.380 e. The molecule has 3 nitrogen and oxygen atoms in total. The van der Waals surface area contributed by atoms with E-state index in [0.717, 1.165) is 36.7 Å². The molecule has 0 spiro atoms. The molecule has 1 aromatic carbocycles. The smallest absolute Gasteiger partial charge is 0.111 e. The summed E-state index contributed by atoms with van der Waals surface area (Å²) in [6.45, 7) is 6.85. The van der Waals surface area contributed by atoms with Crippen molar-refractivity contribution in [2.24, 2.45) is 0 Å². The van der Waals surface area contributed by atoms with E-state index < -0.39 is 0 Å². The fourth-order valence-electron chi connectivity index (χ4n) is 1.86. The highest BCUT2D eigenvalue weighted by Gasteiger charge is 2.10. The Morgan fingerprint density at radius 3 is 2.95 bits per heavy atom. The Kier molecular flexibility index (Phi) is 5.76. The number of thiazole rings is 1. The van der Waals surface area contributed by atoms with Gasteiger partial charge in [0.2, 0.25) is 0 Å². The van der Waals surface area contributed by atoms with Crippen LogP contribution in [0.15, 0.2) is 24.3 Å². The van der Waals surface area contributed by atoms with Gasteiger partial charge in [-0.05, 0) is 25.5 Å². The lowest BCUT2D eigenvalue weighted by Crippen LogP contribution is -2.23. The maximum absolute atomic E-state index is 5.54. The number of hydrogen-bond acceptors (Lipinski definition) is 4. The molecule has 0 fully saturated rings. The van der Waals surface area contributed by atoms with Gasteiger partial charge in [0.15, 0.2) is 0 Å². The second kappa shape index (κ2) is 7.58. The molecule has 0 saturated carbocycles. The third-order valence-electron chi connectivity index (χ3n) is 3.02. The van der Waals surface area contributed by atoms with Crippen LogP contribution in [0.5, 0.6) is 0 Å². The maximum atomic E-state index is 5.54. The predicted molar refractivity (Wildman–Crippen MR) is 81.8 cm³/mol. The number of fused-ring (bicyclic) bond motifs is 1. The molecule has 0 aliphatic carbocycles. The maximum Gasteiger partial charge on any atom is 0.111 e. The van der Waals surface area contributed by atoms with Crippen LogP contribution in [0.4, 0.5) is 0 Å². The van der Waals surface area contributed by atoms with Crippen molar-refractivity contribution in [3.05, 3.63) is 29.3 Å². The molecular weight excluding hydrogens is 256 g/mol. The average Bonchev–Trinajstić information content (AvgIpc) is 2.86. The van der Waals surface area contributed by atoms with Crippen molar-refractivity contribution < 1.29 is 4.74 Å². The van der Waals surface area contributed by atoms with E-state index in [-0.39, 0.29) is 6.04 Å². The van der Waals surface area contributed by atoms with Crippen LogP contribution in [0.2, 0.25) is 0 Å². The summed E-state index contributed by atoms with van der Waals surface area (Å²) < 4.78 is 6.79. The van der Waals surface area contributed by atoms with E-state index in [2.05, 4.69) is 42.3 Å². The Bertz CT molecular complexity index is 465. The average molecular weight is 278 g/mol. The van der Waals surface area contributed by atoms with Crippen LogP contribution < -0.4 is 5.32 Å². The first kappa shape index (κ1) is 14.4. The molecule has 2 aromatic rings. The highest BCUT2D eigenvalue weighted by atomic mass is 32.1. The van der Waals surface area contributed by atoms with Gasteiger partial charge in [0.25, 0.3) is 0 Å². The minimum atomic E-state index is 0.284. The number of rotatable bonds is 8. The summed E-state index contributed by atoms with van der Waals surface area (Å²) in [6, 6.07) is 8.56. The lowest BCUT2D eigenvalue weighted by atomic mass is 10.3. The number of hydrogen-bond donors (Lipinski definition) is 1. The summed E-state index contributed by atoms with van der Waals surface area (Å²) in [6.07, 6.45) is 2.34. The zero-order chi connectivity index (χ0) is 13.5. The molecule has 4 heteroatoms. The molecule has 2 rings (SSSR count). The molecule has 19 heavy (non-hydrogen) atoms. The highest BCUT2D eigenvalue weighted by Crippen LogP contribution is 2.25. The summed E-state index contributed by atoms with van der Waals surface area (Å²) in [7, 11) is 0. The van der Waals surface area contributed by atoms with Gasteiger partial charge in [-0.3, -0.25) is 0 Å². The Morgan fingerprint density at radius 1 is 1.32 bits per heavy atom. The molecule has 0 radical (unpaired) electrons. The van der Waals surface area contributed by atoms with E-state index in [4.69, 9.17) is 4.74 Å². The molecule has 0 aliphatic rings. The molecule has 104 valence electrons. The lowest BCUT2D eigenvalue weighted by molar-refractivity contribution is 0.131. The first-order valence-corrected chi connectivity index (χ1v) is 7.79. The molecule has 1 aromatic heterocycles. The third kappa shape index (κ3) is 4.27. The van der Waals surface area contributed by atoms with E-state index in [1.54, 1.807) is 11.3 Å². The van der Waals surface area contributed by atoms with Crippen LogP contribution in [0, 0.1) is 0 Å². The molecule has 1 atom stereocenters. The number of benzene rings is 1. The molecule has 0 aliphatic heterocycles. The van der Waals surface area contributed by atoms with E-state index in [1.165, 1.54) is 11.1 Å². The van der Waals surface area contributed by atoms with Crippen LogP contribution in [-0.4, -0.2) is 24.7 Å². The van der Waals surface area contributed by atoms with Crippen molar-refractivity contribution in [2.45, 2.75) is 32.7 Å². The van der Waals surface area contributed by atoms with Gasteiger partial charge in [0.05, 0.1) is 22.9 Å². The van der Waals surface area contributed by atoms with Crippen molar-refractivity contribution in [2.75, 3.05) is 19.8 Å². The second-order valence-corrected chi connectivity index (χ2v) is 5.72. The number of para-hydroxylation sites is 1. The molecular formula is C15H22N2OS. The van der Waals surface area contributed by atoms with Gasteiger partial charge in [-0.1, -0.05) is 25.5 Å². The number of nitrogens with zero attached hydrogens (tertiary/aromatic N) is 1. The predicted octanol–water partition coefficient (Wildman–Crippen LogP) is 3.76. The Morgan fingerprint density at radius 2 is 2.16 bits per heavy atom. The van der Waals surface area contributed by atoms with Crippen molar-refractivity contribution in [3.63, 3.8) is 0 Å². The Balaban J connectivity index is 1.78. The Labute approximate surface area is 119 Å². The summed E-state index contributed by atoms with van der Waals surface area (Å²) in [5.41, 5.74) is 1.09. The van der Waals surface area contributed by atoms with Crippen molar-refractivity contribution in [1.82, 2.24) is 10.3 Å². The number of ether oxygens (including phenoxy) is 1. The molecule has 0 saturated heterocycles. The first-order chi connectivity index (χ1) is 9.31. The standard InChI is InChI=1S/C15H22N2OS/c1-3-4-10-18-11-9-16-12(2)15-17-13-7-5-6-8-14(13)19-15/h5-8,12,16H,3-4,9-11H2,1-2H3. The van der Waals surface area contributed by atoms with Gasteiger partial charge in [-0.15, -0.1) is 11.3 Å². The van der Waals surface area contributed by atoms with E-state index in [9.17, 15) is 0 Å². The van der Waals surface area contributed by atoms with E-state index in [0.29, 0.717) is 0 Å².